The third-order valence-corrected chi connectivity index (χ3v) is 2.48. The van der Waals surface area contributed by atoms with Crippen LogP contribution < -0.4 is 0 Å². The molecule has 0 saturated heterocycles. The highest BCUT2D eigenvalue weighted by Crippen LogP contribution is 2.23. The van der Waals surface area contributed by atoms with E-state index in [1.54, 1.807) is 11.3 Å². The van der Waals surface area contributed by atoms with E-state index in [1.807, 2.05) is 18.5 Å². The lowest BCUT2D eigenvalue weighted by atomic mass is 10.2. The van der Waals surface area contributed by atoms with Gasteiger partial charge in [0.1, 0.15) is 0 Å². The number of fused-ring (bicyclic) bond motifs is 1. The molecule has 0 aliphatic carbocycles. The van der Waals surface area contributed by atoms with Gasteiger partial charge in [-0.3, -0.25) is 4.98 Å². The lowest BCUT2D eigenvalue weighted by Gasteiger charge is -1.92. The molecule has 0 spiro atoms. The van der Waals surface area contributed by atoms with Crippen LogP contribution in [0.25, 0.3) is 16.2 Å². The smallest absolute Gasteiger partial charge is 0.0532 e. The molecule has 0 unspecified atom stereocenters. The second kappa shape index (κ2) is 2.47. The van der Waals surface area contributed by atoms with Crippen molar-refractivity contribution in [2.45, 2.75) is 0 Å². The third-order valence-electron chi connectivity index (χ3n) is 1.63. The molecule has 0 atom stereocenters. The lowest BCUT2D eigenvalue weighted by molar-refractivity contribution is 1.36. The Bertz CT molecular complexity index is 389. The highest BCUT2D eigenvalue weighted by Gasteiger charge is 1.97. The first-order chi connectivity index (χ1) is 5.42. The summed E-state index contributed by atoms with van der Waals surface area (Å²) in [6, 6.07) is 2.10. The quantitative estimate of drug-likeness (QED) is 0.626. The third kappa shape index (κ3) is 0.955. The zero-order valence-corrected chi connectivity index (χ0v) is 6.77. The maximum atomic E-state index is 4.10. The van der Waals surface area contributed by atoms with Crippen molar-refractivity contribution in [3.8, 4) is 0 Å². The average molecular weight is 161 g/mol. The minimum absolute atomic E-state index is 1.11. The molecule has 0 radical (unpaired) electrons. The van der Waals surface area contributed by atoms with Gasteiger partial charge in [0.15, 0.2) is 0 Å². The number of hydrogen-bond acceptors (Lipinski definition) is 2. The molecule has 0 amide bonds. The Kier molecular flexibility index (Phi) is 1.47. The number of pyridine rings is 1. The van der Waals surface area contributed by atoms with Gasteiger partial charge < -0.3 is 0 Å². The molecule has 0 saturated carbocycles. The molecular formula is C9H7NS. The van der Waals surface area contributed by atoms with Crippen LogP contribution in [-0.2, 0) is 0 Å². The summed E-state index contributed by atoms with van der Waals surface area (Å²) in [7, 11) is 0. The second-order valence-corrected chi connectivity index (χ2v) is 3.21. The van der Waals surface area contributed by atoms with Crippen LogP contribution in [0.15, 0.2) is 30.4 Å². The van der Waals surface area contributed by atoms with E-state index in [1.165, 1.54) is 10.1 Å². The zero-order chi connectivity index (χ0) is 7.68. The Labute approximate surface area is 69.0 Å². The Balaban J connectivity index is 2.88. The normalized spacial score (nSPS) is 10.2. The fourth-order valence-electron chi connectivity index (χ4n) is 1.08. The minimum atomic E-state index is 1.11. The molecule has 11 heavy (non-hydrogen) atoms. The van der Waals surface area contributed by atoms with Crippen LogP contribution in [0, 0.1) is 0 Å². The van der Waals surface area contributed by atoms with Crippen molar-refractivity contribution in [3.05, 3.63) is 36.0 Å². The van der Waals surface area contributed by atoms with Crippen molar-refractivity contribution >= 4 is 27.5 Å². The van der Waals surface area contributed by atoms with E-state index in [9.17, 15) is 0 Å². The van der Waals surface area contributed by atoms with Gasteiger partial charge in [0, 0.05) is 23.3 Å². The number of rotatable bonds is 1. The van der Waals surface area contributed by atoms with Gasteiger partial charge in [0.05, 0.1) is 4.70 Å². The molecule has 2 heteroatoms. The van der Waals surface area contributed by atoms with Gasteiger partial charge >= 0.3 is 0 Å². The molecule has 0 aromatic carbocycles. The van der Waals surface area contributed by atoms with Crippen molar-refractivity contribution in [1.29, 1.82) is 0 Å². The first kappa shape index (κ1) is 6.55. The van der Waals surface area contributed by atoms with Crippen molar-refractivity contribution in [1.82, 2.24) is 4.98 Å². The van der Waals surface area contributed by atoms with E-state index in [-0.39, 0.29) is 0 Å². The van der Waals surface area contributed by atoms with Gasteiger partial charge in [0.2, 0.25) is 0 Å². The van der Waals surface area contributed by atoms with Gasteiger partial charge in [-0.1, -0.05) is 12.7 Å². The standard InChI is InChI=1S/C9H7NS/c1-2-7-5-10-6-9-8(7)3-4-11-9/h2-6H,1H2. The first-order valence-corrected chi connectivity index (χ1v) is 4.23. The number of nitrogens with zero attached hydrogens (tertiary/aromatic N) is 1. The van der Waals surface area contributed by atoms with Crippen LogP contribution >= 0.6 is 11.3 Å². The van der Waals surface area contributed by atoms with E-state index in [0.29, 0.717) is 0 Å². The Morgan fingerprint density at radius 3 is 3.18 bits per heavy atom. The average Bonchev–Trinajstić information content (AvgIpc) is 2.50. The Hall–Kier alpha value is -1.15. The molecule has 2 heterocycles. The fraction of sp³-hybridized carbons (Fsp3) is 0. The minimum Gasteiger partial charge on any atom is -0.263 e. The van der Waals surface area contributed by atoms with Gasteiger partial charge in [-0.05, 0) is 11.4 Å². The van der Waals surface area contributed by atoms with Crippen molar-refractivity contribution in [3.63, 3.8) is 0 Å². The van der Waals surface area contributed by atoms with Gasteiger partial charge in [-0.25, -0.2) is 0 Å². The highest BCUT2D eigenvalue weighted by atomic mass is 32.1. The van der Waals surface area contributed by atoms with Crippen LogP contribution in [0.1, 0.15) is 5.56 Å². The van der Waals surface area contributed by atoms with Gasteiger partial charge in [0.25, 0.3) is 0 Å². The lowest BCUT2D eigenvalue weighted by Crippen LogP contribution is -1.74. The van der Waals surface area contributed by atoms with Crippen molar-refractivity contribution in [2.75, 3.05) is 0 Å². The number of thiophene rings is 1. The fourth-order valence-corrected chi connectivity index (χ4v) is 1.86. The molecular weight excluding hydrogens is 154 g/mol. The molecule has 54 valence electrons. The van der Waals surface area contributed by atoms with Crippen LogP contribution in [-0.4, -0.2) is 4.98 Å². The van der Waals surface area contributed by atoms with E-state index in [4.69, 9.17) is 0 Å². The highest BCUT2D eigenvalue weighted by molar-refractivity contribution is 7.17. The predicted molar refractivity (Wildman–Crippen MR) is 49.7 cm³/mol. The summed E-state index contributed by atoms with van der Waals surface area (Å²) in [6.45, 7) is 3.73. The first-order valence-electron chi connectivity index (χ1n) is 3.35. The molecule has 0 aliphatic heterocycles. The molecule has 2 aromatic heterocycles. The SMILES string of the molecule is C=Cc1cncc2sccc12. The molecule has 0 N–H and O–H groups in total. The topological polar surface area (TPSA) is 12.9 Å². The van der Waals surface area contributed by atoms with E-state index in [2.05, 4.69) is 23.0 Å². The van der Waals surface area contributed by atoms with Crippen molar-refractivity contribution in [2.24, 2.45) is 0 Å². The predicted octanol–water partition coefficient (Wildman–Crippen LogP) is 2.94. The van der Waals surface area contributed by atoms with Crippen LogP contribution in [0.5, 0.6) is 0 Å². The van der Waals surface area contributed by atoms with E-state index in [0.717, 1.165) is 5.56 Å². The molecule has 0 aliphatic rings. The molecule has 1 nitrogen and oxygen atoms in total. The zero-order valence-electron chi connectivity index (χ0n) is 5.95. The summed E-state index contributed by atoms with van der Waals surface area (Å²) in [5.41, 5.74) is 1.11. The monoisotopic (exact) mass is 161 g/mol. The molecule has 0 bridgehead atoms. The maximum Gasteiger partial charge on any atom is 0.0532 e. The Morgan fingerprint density at radius 2 is 2.36 bits per heavy atom. The van der Waals surface area contributed by atoms with Gasteiger partial charge in [-0.15, -0.1) is 11.3 Å². The summed E-state index contributed by atoms with van der Waals surface area (Å²) in [5, 5.41) is 3.32. The van der Waals surface area contributed by atoms with Crippen molar-refractivity contribution < 1.29 is 0 Å². The van der Waals surface area contributed by atoms with Gasteiger partial charge in [-0.2, -0.15) is 0 Å². The second-order valence-electron chi connectivity index (χ2n) is 2.27. The number of hydrogen-bond donors (Lipinski definition) is 0. The molecule has 2 rings (SSSR count). The van der Waals surface area contributed by atoms with Crippen LogP contribution in [0.3, 0.4) is 0 Å². The molecule has 0 fully saturated rings. The van der Waals surface area contributed by atoms with E-state index < -0.39 is 0 Å². The van der Waals surface area contributed by atoms with Crippen LogP contribution in [0.2, 0.25) is 0 Å². The summed E-state index contributed by atoms with van der Waals surface area (Å²) >= 11 is 1.71. The largest absolute Gasteiger partial charge is 0.263 e. The summed E-state index contributed by atoms with van der Waals surface area (Å²) in [5.74, 6) is 0. The molecule has 2 aromatic rings. The van der Waals surface area contributed by atoms with Crippen LogP contribution in [0.4, 0.5) is 0 Å². The Morgan fingerprint density at radius 1 is 1.45 bits per heavy atom. The summed E-state index contributed by atoms with van der Waals surface area (Å²) in [4.78, 5) is 4.10. The maximum absolute atomic E-state index is 4.10. The van der Waals surface area contributed by atoms with E-state index >= 15 is 0 Å². The number of aromatic nitrogens is 1. The summed E-state index contributed by atoms with van der Waals surface area (Å²) in [6.07, 6.45) is 5.55. The summed E-state index contributed by atoms with van der Waals surface area (Å²) < 4.78 is 1.22.